The van der Waals surface area contributed by atoms with Crippen molar-refractivity contribution in [2.45, 2.75) is 44.9 Å². The van der Waals surface area contributed by atoms with Crippen molar-refractivity contribution < 1.29 is 42.5 Å². The topological polar surface area (TPSA) is 69.2 Å². The number of rotatable bonds is 11. The van der Waals surface area contributed by atoms with E-state index in [-0.39, 0.29) is 29.6 Å². The molecule has 1 N–H and O–H groups in total. The third-order valence-corrected chi connectivity index (χ3v) is 4.41. The van der Waals surface area contributed by atoms with Crippen molar-refractivity contribution in [3.63, 3.8) is 0 Å². The van der Waals surface area contributed by atoms with E-state index in [1.165, 1.54) is 25.7 Å². The van der Waals surface area contributed by atoms with Gasteiger partial charge < -0.3 is 9.87 Å². The van der Waals surface area contributed by atoms with Crippen LogP contribution in [0.1, 0.15) is 44.9 Å². The molecule has 0 atom stereocenters. The fourth-order valence-corrected chi connectivity index (χ4v) is 2.94. The van der Waals surface area contributed by atoms with Gasteiger partial charge >= 0.3 is 29.6 Å². The van der Waals surface area contributed by atoms with Crippen molar-refractivity contribution in [3.8, 4) is 0 Å². The van der Waals surface area contributed by atoms with E-state index in [1.54, 1.807) is 0 Å². The summed E-state index contributed by atoms with van der Waals surface area (Å²) in [4.78, 5) is 0. The van der Waals surface area contributed by atoms with Crippen molar-refractivity contribution in [1.82, 2.24) is 5.32 Å². The van der Waals surface area contributed by atoms with Crippen molar-refractivity contribution in [2.75, 3.05) is 19.3 Å². The third-order valence-electron chi connectivity index (χ3n) is 2.30. The molecule has 0 heterocycles. The van der Waals surface area contributed by atoms with E-state index in [1.807, 2.05) is 7.05 Å². The van der Waals surface area contributed by atoms with Crippen LogP contribution in [0.5, 0.6) is 0 Å². The van der Waals surface area contributed by atoms with Gasteiger partial charge in [-0.3, -0.25) is 0 Å². The number of unbranched alkanes of at least 4 members (excludes halogenated alkanes) is 6. The normalized spacial score (nSPS) is 11.2. The minimum absolute atomic E-state index is 0. The molecule has 0 unspecified atom stereocenters. The molecule has 0 aliphatic heterocycles. The minimum Gasteiger partial charge on any atom is -0.739 e. The smallest absolute Gasteiger partial charge is 0.739 e. The van der Waals surface area contributed by atoms with Crippen LogP contribution in [0.2, 0.25) is 0 Å². The molecule has 0 bridgehead atoms. The number of hydrogen-bond acceptors (Lipinski definition) is 5. The van der Waals surface area contributed by atoms with Gasteiger partial charge in [-0.2, -0.15) is 0 Å². The Balaban J connectivity index is 0. The zero-order valence-electron chi connectivity index (χ0n) is 10.9. The molecule has 0 aromatic rings. The number of hydrogen-bond donors (Lipinski definition) is 1. The standard InChI is InChI=1S/C10H23NO3S2.Na/c1-11-9-7-5-3-2-4-6-8-10-15-16(12,13)14;/h11H,2-10H2,1H3,(H,12,13,14);/q;+1/p-1. The van der Waals surface area contributed by atoms with Gasteiger partial charge in [0.15, 0.2) is 0 Å². The zero-order valence-corrected chi connectivity index (χ0v) is 14.5. The fourth-order valence-electron chi connectivity index (χ4n) is 1.45. The first-order valence-electron chi connectivity index (χ1n) is 5.81. The van der Waals surface area contributed by atoms with Crippen LogP contribution in [-0.4, -0.2) is 32.3 Å². The predicted octanol–water partition coefficient (Wildman–Crippen LogP) is -0.866. The summed E-state index contributed by atoms with van der Waals surface area (Å²) in [5, 5.41) is 3.11. The molecule has 4 nitrogen and oxygen atoms in total. The molecule has 0 fully saturated rings. The molecule has 0 aromatic carbocycles. The largest absolute Gasteiger partial charge is 1.00 e. The Kier molecular flexibility index (Phi) is 16.5. The van der Waals surface area contributed by atoms with Crippen LogP contribution in [0.3, 0.4) is 0 Å². The first-order valence-corrected chi connectivity index (χ1v) is 8.72. The van der Waals surface area contributed by atoms with Gasteiger partial charge in [0.05, 0.1) is 0 Å². The summed E-state index contributed by atoms with van der Waals surface area (Å²) in [5.74, 6) is 0.436. The maximum atomic E-state index is 10.3. The molecule has 0 spiro atoms. The van der Waals surface area contributed by atoms with Crippen LogP contribution in [0.15, 0.2) is 0 Å². The Labute approximate surface area is 131 Å². The Morgan fingerprint density at radius 1 is 1.00 bits per heavy atom. The molecule has 0 saturated heterocycles. The van der Waals surface area contributed by atoms with E-state index >= 15 is 0 Å². The molecular weight excluding hydrogens is 269 g/mol. The quantitative estimate of drug-likeness (QED) is 0.232. The van der Waals surface area contributed by atoms with E-state index in [0.717, 1.165) is 25.8 Å². The fraction of sp³-hybridized carbons (Fsp3) is 1.00. The van der Waals surface area contributed by atoms with Crippen LogP contribution in [-0.2, 0) is 9.15 Å². The summed E-state index contributed by atoms with van der Waals surface area (Å²) in [5.41, 5.74) is 0. The van der Waals surface area contributed by atoms with Crippen molar-refractivity contribution in [3.05, 3.63) is 0 Å². The Morgan fingerprint density at radius 2 is 1.47 bits per heavy atom. The summed E-state index contributed by atoms with van der Waals surface area (Å²) < 4.78 is 30.8. The molecule has 0 amide bonds. The molecule has 0 aromatic heterocycles. The molecule has 0 saturated carbocycles. The van der Waals surface area contributed by atoms with Crippen LogP contribution >= 0.6 is 10.8 Å². The van der Waals surface area contributed by atoms with Gasteiger partial charge in [0.2, 0.25) is 0 Å². The Bertz CT molecular complexity index is 248. The Hall–Kier alpha value is 1.22. The van der Waals surface area contributed by atoms with E-state index < -0.39 is 9.15 Å². The molecule has 17 heavy (non-hydrogen) atoms. The third kappa shape index (κ3) is 19.7. The van der Waals surface area contributed by atoms with E-state index in [0.29, 0.717) is 16.5 Å². The maximum Gasteiger partial charge on any atom is 1.00 e. The molecule has 0 rings (SSSR count). The summed E-state index contributed by atoms with van der Waals surface area (Å²) in [7, 11) is -1.60. The zero-order chi connectivity index (χ0) is 12.3. The van der Waals surface area contributed by atoms with Crippen molar-refractivity contribution >= 4 is 19.9 Å². The van der Waals surface area contributed by atoms with E-state index in [9.17, 15) is 13.0 Å². The van der Waals surface area contributed by atoms with Gasteiger partial charge in [-0.1, -0.05) is 32.1 Å². The number of nitrogens with one attached hydrogen (secondary N) is 1. The molecule has 0 aliphatic rings. The van der Waals surface area contributed by atoms with Gasteiger partial charge in [-0.25, -0.2) is 8.42 Å². The second-order valence-electron chi connectivity index (χ2n) is 3.81. The molecular formula is C10H22NNaO3S2. The van der Waals surface area contributed by atoms with Crippen molar-refractivity contribution in [1.29, 1.82) is 0 Å². The van der Waals surface area contributed by atoms with Crippen molar-refractivity contribution in [2.24, 2.45) is 0 Å². The SMILES string of the molecule is CNCCCCCCCCCSS(=O)(=O)[O-].[Na+]. The van der Waals surface area contributed by atoms with Crippen LogP contribution in [0.25, 0.3) is 0 Å². The summed E-state index contributed by atoms with van der Waals surface area (Å²) in [6.45, 7) is 1.08. The minimum atomic E-state index is -4.07. The van der Waals surface area contributed by atoms with Gasteiger partial charge in [-0.05, 0) is 37.2 Å². The predicted molar refractivity (Wildman–Crippen MR) is 68.4 cm³/mol. The Morgan fingerprint density at radius 3 is 1.94 bits per heavy atom. The van der Waals surface area contributed by atoms with E-state index in [2.05, 4.69) is 5.32 Å². The molecule has 0 aliphatic carbocycles. The first-order chi connectivity index (χ1) is 7.56. The van der Waals surface area contributed by atoms with Crippen LogP contribution in [0.4, 0.5) is 0 Å². The average molecular weight is 291 g/mol. The van der Waals surface area contributed by atoms with Gasteiger partial charge in [0, 0.05) is 5.75 Å². The molecule has 0 radical (unpaired) electrons. The average Bonchev–Trinajstić information content (AvgIpc) is 2.19. The summed E-state index contributed by atoms with van der Waals surface area (Å²) in [6, 6.07) is 0. The van der Waals surface area contributed by atoms with Crippen LogP contribution < -0.4 is 34.9 Å². The van der Waals surface area contributed by atoms with Gasteiger partial charge in [0.1, 0.15) is 9.15 Å². The summed E-state index contributed by atoms with van der Waals surface area (Å²) >= 11 is 0. The maximum absolute atomic E-state index is 10.3. The first kappa shape index (κ1) is 20.5. The van der Waals surface area contributed by atoms with Gasteiger partial charge in [-0.15, -0.1) is 0 Å². The van der Waals surface area contributed by atoms with E-state index in [4.69, 9.17) is 0 Å². The summed E-state index contributed by atoms with van der Waals surface area (Å²) in [6.07, 6.45) is 7.91. The second kappa shape index (κ2) is 13.6. The molecule has 7 heteroatoms. The van der Waals surface area contributed by atoms with Gasteiger partial charge in [0.25, 0.3) is 0 Å². The second-order valence-corrected chi connectivity index (χ2v) is 7.20. The van der Waals surface area contributed by atoms with Crippen LogP contribution in [0, 0.1) is 0 Å². The molecule has 98 valence electrons. The monoisotopic (exact) mass is 291 g/mol.